The number of likely N-dealkylation sites (N-methyl/N-ethyl adjacent to an activating group) is 1. The molecule has 3 aliphatic rings. The molecule has 1 saturated carbocycles. The van der Waals surface area contributed by atoms with Gasteiger partial charge in [0.15, 0.2) is 11.5 Å². The van der Waals surface area contributed by atoms with Crippen LogP contribution in [0.3, 0.4) is 0 Å². The molecule has 5 rings (SSSR count). The number of benzene rings is 2. The molecule has 2 aromatic carbocycles. The summed E-state index contributed by atoms with van der Waals surface area (Å²) in [5.41, 5.74) is 1.52. The van der Waals surface area contributed by atoms with Gasteiger partial charge in [-0.15, -0.1) is 0 Å². The van der Waals surface area contributed by atoms with E-state index in [9.17, 15) is 28.2 Å². The molecular weight excluding hydrogens is 457 g/mol. The molecule has 4 atom stereocenters. The highest BCUT2D eigenvalue weighted by molar-refractivity contribution is 5.91. The SMILES string of the molecule is CN(C(=O)C=Cc1ccc(C(F)(F)F)cc1)[C@@H]1CC[C@H]2[C@H]3Cc4c(ccc(O)c4O)[C@@]2(CCN3)C1. The third-order valence-corrected chi connectivity index (χ3v) is 8.36. The first-order chi connectivity index (χ1) is 16.6. The quantitative estimate of drug-likeness (QED) is 0.438. The van der Waals surface area contributed by atoms with Crippen LogP contribution in [-0.2, 0) is 22.8 Å². The number of aromatic hydroxyl groups is 2. The van der Waals surface area contributed by atoms with E-state index in [2.05, 4.69) is 5.32 Å². The highest BCUT2D eigenvalue weighted by Gasteiger charge is 2.54. The Balaban J connectivity index is 1.36. The number of amides is 1. The Hall–Kier alpha value is -3.00. The van der Waals surface area contributed by atoms with E-state index in [1.54, 1.807) is 24.1 Å². The highest BCUT2D eigenvalue weighted by atomic mass is 19.4. The van der Waals surface area contributed by atoms with Crippen molar-refractivity contribution in [3.8, 4) is 11.5 Å². The topological polar surface area (TPSA) is 72.8 Å². The van der Waals surface area contributed by atoms with Gasteiger partial charge >= 0.3 is 6.18 Å². The fourth-order valence-electron chi connectivity index (χ4n) is 6.57. The normalized spacial score (nSPS) is 27.8. The molecule has 0 radical (unpaired) electrons. The zero-order valence-electron chi connectivity index (χ0n) is 19.5. The van der Waals surface area contributed by atoms with Gasteiger partial charge in [0.2, 0.25) is 5.91 Å². The number of carbonyl (C=O) groups is 1. The molecule has 1 heterocycles. The molecule has 35 heavy (non-hydrogen) atoms. The number of nitrogens with zero attached hydrogens (tertiary/aromatic N) is 1. The maximum Gasteiger partial charge on any atom is 0.416 e. The van der Waals surface area contributed by atoms with E-state index >= 15 is 0 Å². The Labute approximate surface area is 202 Å². The zero-order chi connectivity index (χ0) is 25.0. The van der Waals surface area contributed by atoms with Gasteiger partial charge < -0.3 is 20.4 Å². The Morgan fingerprint density at radius 2 is 1.89 bits per heavy atom. The molecule has 1 saturated heterocycles. The number of carbonyl (C=O) groups excluding carboxylic acids is 1. The van der Waals surface area contributed by atoms with Crippen LogP contribution in [-0.4, -0.2) is 46.7 Å². The van der Waals surface area contributed by atoms with Crippen LogP contribution in [0, 0.1) is 5.92 Å². The van der Waals surface area contributed by atoms with Crippen molar-refractivity contribution in [1.29, 1.82) is 0 Å². The van der Waals surface area contributed by atoms with Gasteiger partial charge in [0.25, 0.3) is 0 Å². The van der Waals surface area contributed by atoms with Crippen LogP contribution in [0.5, 0.6) is 11.5 Å². The number of rotatable bonds is 3. The van der Waals surface area contributed by atoms with Gasteiger partial charge in [-0.3, -0.25) is 4.79 Å². The van der Waals surface area contributed by atoms with Gasteiger partial charge in [-0.05, 0) is 80.0 Å². The first-order valence-corrected chi connectivity index (χ1v) is 12.0. The summed E-state index contributed by atoms with van der Waals surface area (Å²) in [6, 6.07) is 8.45. The molecule has 0 unspecified atom stereocenters. The number of alkyl halides is 3. The Bertz CT molecular complexity index is 1160. The second-order valence-corrected chi connectivity index (χ2v) is 10.1. The molecule has 2 bridgehead atoms. The van der Waals surface area contributed by atoms with E-state index in [0.717, 1.165) is 55.5 Å². The number of nitrogens with one attached hydrogen (secondary N) is 1. The zero-order valence-corrected chi connectivity index (χ0v) is 19.5. The van der Waals surface area contributed by atoms with Crippen molar-refractivity contribution in [3.63, 3.8) is 0 Å². The predicted octanol–water partition coefficient (Wildman–Crippen LogP) is 4.61. The lowest BCUT2D eigenvalue weighted by Gasteiger charge is -2.58. The molecule has 2 aromatic rings. The van der Waals surface area contributed by atoms with Gasteiger partial charge in [0, 0.05) is 36.2 Å². The summed E-state index contributed by atoms with van der Waals surface area (Å²) in [6.07, 6.45) is 2.71. The summed E-state index contributed by atoms with van der Waals surface area (Å²) in [5, 5.41) is 24.2. The number of hydrogen-bond donors (Lipinski definition) is 3. The van der Waals surface area contributed by atoms with Crippen molar-refractivity contribution in [2.45, 2.75) is 55.8 Å². The van der Waals surface area contributed by atoms with Crippen molar-refractivity contribution >= 4 is 12.0 Å². The van der Waals surface area contributed by atoms with Crippen LogP contribution in [0.25, 0.3) is 6.08 Å². The average molecular weight is 487 g/mol. The number of phenolic OH excluding ortho intramolecular Hbond substituents is 2. The molecule has 1 amide bonds. The summed E-state index contributed by atoms with van der Waals surface area (Å²) in [6.45, 7) is 0.862. The fourth-order valence-corrected chi connectivity index (χ4v) is 6.57. The largest absolute Gasteiger partial charge is 0.504 e. The molecule has 3 N–H and O–H groups in total. The smallest absolute Gasteiger partial charge is 0.416 e. The van der Waals surface area contributed by atoms with E-state index in [0.29, 0.717) is 17.9 Å². The molecule has 2 fully saturated rings. The third kappa shape index (κ3) is 4.07. The number of phenols is 2. The minimum Gasteiger partial charge on any atom is -0.504 e. The summed E-state index contributed by atoms with van der Waals surface area (Å²) in [4.78, 5) is 14.7. The van der Waals surface area contributed by atoms with Crippen molar-refractivity contribution < 1.29 is 28.2 Å². The van der Waals surface area contributed by atoms with Gasteiger partial charge in [-0.2, -0.15) is 13.2 Å². The maximum atomic E-state index is 13.0. The van der Waals surface area contributed by atoms with Crippen LogP contribution < -0.4 is 5.32 Å². The van der Waals surface area contributed by atoms with Crippen LogP contribution in [0.15, 0.2) is 42.5 Å². The number of halogens is 3. The van der Waals surface area contributed by atoms with Crippen LogP contribution in [0.4, 0.5) is 13.2 Å². The minimum atomic E-state index is -4.39. The monoisotopic (exact) mass is 486 g/mol. The van der Waals surface area contributed by atoms with E-state index in [1.165, 1.54) is 18.2 Å². The van der Waals surface area contributed by atoms with Crippen molar-refractivity contribution in [2.24, 2.45) is 5.92 Å². The Morgan fingerprint density at radius 3 is 2.60 bits per heavy atom. The number of fused-ring (bicyclic) bond motifs is 1. The van der Waals surface area contributed by atoms with Crippen LogP contribution in [0.2, 0.25) is 0 Å². The van der Waals surface area contributed by atoms with Gasteiger partial charge in [0.1, 0.15) is 0 Å². The van der Waals surface area contributed by atoms with Gasteiger partial charge in [-0.25, -0.2) is 0 Å². The van der Waals surface area contributed by atoms with Crippen molar-refractivity contribution in [1.82, 2.24) is 10.2 Å². The maximum absolute atomic E-state index is 13.0. The Morgan fingerprint density at radius 1 is 1.14 bits per heavy atom. The van der Waals surface area contributed by atoms with Crippen LogP contribution >= 0.6 is 0 Å². The van der Waals surface area contributed by atoms with E-state index in [4.69, 9.17) is 0 Å². The first kappa shape index (κ1) is 23.7. The number of hydrogen-bond acceptors (Lipinski definition) is 4. The van der Waals surface area contributed by atoms with Crippen LogP contribution in [0.1, 0.15) is 47.9 Å². The average Bonchev–Trinajstić information content (AvgIpc) is 2.83. The lowest BCUT2D eigenvalue weighted by Crippen LogP contribution is -2.62. The number of piperidine rings is 1. The summed E-state index contributed by atoms with van der Waals surface area (Å²) >= 11 is 0. The second-order valence-electron chi connectivity index (χ2n) is 10.1. The highest BCUT2D eigenvalue weighted by Crippen LogP contribution is 2.56. The van der Waals surface area contributed by atoms with Crippen molar-refractivity contribution in [3.05, 3.63) is 64.7 Å². The molecule has 2 aliphatic carbocycles. The standard InChI is InChI=1S/C27H29F3N2O3/c1-32(24(34)11-4-16-2-5-17(6-3-16)27(28,29)30)18-7-8-21-22-14-19-20(9-10-23(33)25(19)35)26(21,15-18)12-13-31-22/h2-6,9-11,18,21-22,31,33,35H,7-8,12-15H2,1H3/t18-,21+,22-,26-/m1/s1. The second kappa shape index (κ2) is 8.59. The molecule has 8 heteroatoms. The van der Waals surface area contributed by atoms with Gasteiger partial charge in [0.05, 0.1) is 5.56 Å². The van der Waals surface area contributed by atoms with Gasteiger partial charge in [-0.1, -0.05) is 18.2 Å². The van der Waals surface area contributed by atoms with E-state index in [1.807, 2.05) is 6.07 Å². The minimum absolute atomic E-state index is 0.00310. The lowest BCUT2D eigenvalue weighted by molar-refractivity contribution is -0.137. The molecule has 0 aromatic heterocycles. The molecule has 0 spiro atoms. The molecule has 186 valence electrons. The summed E-state index contributed by atoms with van der Waals surface area (Å²) < 4.78 is 38.3. The van der Waals surface area contributed by atoms with E-state index in [-0.39, 0.29) is 34.9 Å². The fraction of sp³-hybridized carbons (Fsp3) is 0.444. The van der Waals surface area contributed by atoms with Crippen molar-refractivity contribution in [2.75, 3.05) is 13.6 Å². The lowest BCUT2D eigenvalue weighted by atomic mass is 9.51. The van der Waals surface area contributed by atoms with E-state index < -0.39 is 11.7 Å². The molecular formula is C27H29F3N2O3. The Kier molecular flexibility index (Phi) is 5.82. The summed E-state index contributed by atoms with van der Waals surface area (Å²) in [7, 11) is 1.78. The third-order valence-electron chi connectivity index (χ3n) is 8.36. The summed E-state index contributed by atoms with van der Waals surface area (Å²) in [5.74, 6) is 0.0553. The first-order valence-electron chi connectivity index (χ1n) is 12.0. The molecule has 5 nitrogen and oxygen atoms in total. The molecule has 1 aliphatic heterocycles. The predicted molar refractivity (Wildman–Crippen MR) is 126 cm³/mol.